The summed E-state index contributed by atoms with van der Waals surface area (Å²) in [6, 6.07) is 0.693. The predicted octanol–water partition coefficient (Wildman–Crippen LogP) is -0.713. The second-order valence-corrected chi connectivity index (χ2v) is 3.39. The summed E-state index contributed by atoms with van der Waals surface area (Å²) in [4.78, 5) is 35.4. The fraction of sp³-hybridized carbons (Fsp3) is 0.182. The summed E-state index contributed by atoms with van der Waals surface area (Å²) in [5.41, 5.74) is -0.830. The van der Waals surface area contributed by atoms with Gasteiger partial charge >= 0.3 is 5.97 Å². The molecule has 94 valence electrons. The van der Waals surface area contributed by atoms with Gasteiger partial charge in [0.05, 0.1) is 5.56 Å². The summed E-state index contributed by atoms with van der Waals surface area (Å²) < 4.78 is 0. The molecule has 7 nitrogen and oxygen atoms in total. The van der Waals surface area contributed by atoms with Crippen LogP contribution >= 0.6 is 0 Å². The highest BCUT2D eigenvalue weighted by Crippen LogP contribution is 2.04. The van der Waals surface area contributed by atoms with E-state index >= 15 is 0 Å². The predicted molar refractivity (Wildman–Crippen MR) is 61.1 cm³/mol. The first-order valence-corrected chi connectivity index (χ1v) is 4.84. The van der Waals surface area contributed by atoms with Gasteiger partial charge in [-0.05, 0) is 0 Å². The Morgan fingerprint density at radius 2 is 2.17 bits per heavy atom. The molecule has 7 heteroatoms. The van der Waals surface area contributed by atoms with E-state index in [1.165, 1.54) is 0 Å². The van der Waals surface area contributed by atoms with Gasteiger partial charge in [-0.15, -0.1) is 12.3 Å². The normalized spacial score (nSPS) is 11.3. The fourth-order valence-electron chi connectivity index (χ4n) is 1.22. The number of carboxylic acids is 1. The van der Waals surface area contributed by atoms with Gasteiger partial charge in [0, 0.05) is 18.6 Å². The number of carboxylic acid groups (broad SMARTS) is 1. The first-order valence-electron chi connectivity index (χ1n) is 4.84. The van der Waals surface area contributed by atoms with Crippen molar-refractivity contribution >= 4 is 11.9 Å². The third-order valence-corrected chi connectivity index (χ3v) is 2.02. The van der Waals surface area contributed by atoms with E-state index in [0.717, 1.165) is 12.1 Å². The van der Waals surface area contributed by atoms with Gasteiger partial charge in [0.15, 0.2) is 5.88 Å². The van der Waals surface area contributed by atoms with Gasteiger partial charge in [-0.3, -0.25) is 14.6 Å². The quantitative estimate of drug-likeness (QED) is 0.526. The van der Waals surface area contributed by atoms with Crippen LogP contribution in [0.3, 0.4) is 0 Å². The third kappa shape index (κ3) is 3.38. The number of aromatic hydroxyl groups is 1. The van der Waals surface area contributed by atoms with Crippen LogP contribution in [0, 0.1) is 12.3 Å². The van der Waals surface area contributed by atoms with Crippen LogP contribution in [0.1, 0.15) is 16.8 Å². The molecular formula is C11H10N2O5. The van der Waals surface area contributed by atoms with Gasteiger partial charge in [-0.2, -0.15) is 0 Å². The maximum absolute atomic E-state index is 11.6. The molecule has 0 radical (unpaired) electrons. The number of hydrogen-bond donors (Lipinski definition) is 4. The van der Waals surface area contributed by atoms with Crippen LogP contribution in [0.25, 0.3) is 0 Å². The van der Waals surface area contributed by atoms with Crippen LogP contribution in [-0.4, -0.2) is 33.1 Å². The third-order valence-electron chi connectivity index (χ3n) is 2.02. The van der Waals surface area contributed by atoms with Gasteiger partial charge in [0.1, 0.15) is 6.04 Å². The van der Waals surface area contributed by atoms with Crippen LogP contribution in [0.2, 0.25) is 0 Å². The number of pyridine rings is 1. The minimum atomic E-state index is -1.28. The van der Waals surface area contributed by atoms with Crippen molar-refractivity contribution in [2.24, 2.45) is 0 Å². The average Bonchev–Trinajstić information content (AvgIpc) is 2.26. The molecule has 0 fully saturated rings. The minimum absolute atomic E-state index is 0.153. The number of nitrogens with one attached hydrogen (secondary N) is 2. The van der Waals surface area contributed by atoms with Crippen LogP contribution in [0.15, 0.2) is 16.9 Å². The standard InChI is InChI=1S/C11H10N2O5/c1-2-3-7(11(17)18)12-10(16)6-4-8(14)13-9(15)5-6/h1,4-5,7H,3H2,(H,12,16)(H,17,18)(H2,13,14,15). The molecule has 4 N–H and O–H groups in total. The average molecular weight is 250 g/mol. The number of aromatic amines is 1. The van der Waals surface area contributed by atoms with Crippen LogP contribution in [0.4, 0.5) is 0 Å². The Morgan fingerprint density at radius 1 is 1.50 bits per heavy atom. The molecule has 18 heavy (non-hydrogen) atoms. The Hall–Kier alpha value is -2.75. The maximum Gasteiger partial charge on any atom is 0.327 e. The monoisotopic (exact) mass is 250 g/mol. The van der Waals surface area contributed by atoms with E-state index < -0.39 is 29.4 Å². The molecule has 1 rings (SSSR count). The Morgan fingerprint density at radius 3 is 2.67 bits per heavy atom. The number of carbonyl (C=O) groups is 2. The molecule has 0 saturated heterocycles. The van der Waals surface area contributed by atoms with Crippen LogP contribution < -0.4 is 10.9 Å². The SMILES string of the molecule is C#CCC(NC(=O)c1cc(O)[nH]c(=O)c1)C(=O)O. The molecule has 0 saturated carbocycles. The molecule has 1 unspecified atom stereocenters. The molecule has 0 aromatic carbocycles. The maximum atomic E-state index is 11.6. The zero-order valence-electron chi connectivity index (χ0n) is 9.14. The van der Waals surface area contributed by atoms with Crippen molar-refractivity contribution in [1.82, 2.24) is 10.3 Å². The molecule has 0 aliphatic rings. The summed E-state index contributed by atoms with van der Waals surface area (Å²) in [7, 11) is 0. The molecule has 1 amide bonds. The fourth-order valence-corrected chi connectivity index (χ4v) is 1.22. The lowest BCUT2D eigenvalue weighted by Gasteiger charge is -2.11. The first kappa shape index (κ1) is 13.3. The van der Waals surface area contributed by atoms with Crippen LogP contribution in [0.5, 0.6) is 5.88 Å². The molecule has 1 aromatic rings. The van der Waals surface area contributed by atoms with Gasteiger partial charge in [-0.25, -0.2) is 4.79 Å². The zero-order valence-corrected chi connectivity index (χ0v) is 9.14. The van der Waals surface area contributed by atoms with Crippen molar-refractivity contribution in [3.63, 3.8) is 0 Å². The van der Waals surface area contributed by atoms with Gasteiger partial charge in [-0.1, -0.05) is 0 Å². The van der Waals surface area contributed by atoms with Gasteiger partial charge < -0.3 is 15.5 Å². The number of rotatable bonds is 4. The largest absolute Gasteiger partial charge is 0.494 e. The molecule has 1 atom stereocenters. The van der Waals surface area contributed by atoms with E-state index in [1.54, 1.807) is 0 Å². The molecule has 0 aliphatic heterocycles. The second-order valence-electron chi connectivity index (χ2n) is 3.39. The first-order chi connectivity index (χ1) is 8.43. The topological polar surface area (TPSA) is 119 Å². The van der Waals surface area contributed by atoms with E-state index in [0.29, 0.717) is 0 Å². The van der Waals surface area contributed by atoms with Crippen molar-refractivity contribution < 1.29 is 19.8 Å². The van der Waals surface area contributed by atoms with Crippen molar-refractivity contribution in [3.8, 4) is 18.2 Å². The summed E-state index contributed by atoms with van der Waals surface area (Å²) >= 11 is 0. The van der Waals surface area contributed by atoms with E-state index in [1.807, 2.05) is 4.98 Å². The summed E-state index contributed by atoms with van der Waals surface area (Å²) in [6.07, 6.45) is 4.79. The second kappa shape index (κ2) is 5.54. The van der Waals surface area contributed by atoms with Gasteiger partial charge in [0.2, 0.25) is 0 Å². The Kier molecular flexibility index (Phi) is 4.10. The number of amides is 1. The Balaban J connectivity index is 2.91. The summed E-state index contributed by atoms with van der Waals surface area (Å²) in [6.45, 7) is 0. The lowest BCUT2D eigenvalue weighted by molar-refractivity contribution is -0.139. The van der Waals surface area contributed by atoms with E-state index in [2.05, 4.69) is 11.2 Å². The lowest BCUT2D eigenvalue weighted by Crippen LogP contribution is -2.40. The molecule has 0 bridgehead atoms. The number of aromatic nitrogens is 1. The van der Waals surface area contributed by atoms with Crippen molar-refractivity contribution in [1.29, 1.82) is 0 Å². The van der Waals surface area contributed by atoms with Crippen molar-refractivity contribution in [3.05, 3.63) is 28.0 Å². The highest BCUT2D eigenvalue weighted by molar-refractivity contribution is 5.96. The van der Waals surface area contributed by atoms with Crippen LogP contribution in [-0.2, 0) is 4.79 Å². The van der Waals surface area contributed by atoms with E-state index in [4.69, 9.17) is 16.6 Å². The molecule has 1 aromatic heterocycles. The Labute approximate surface area is 101 Å². The highest BCUT2D eigenvalue weighted by Gasteiger charge is 2.20. The Bertz CT molecular complexity index is 570. The lowest BCUT2D eigenvalue weighted by atomic mass is 10.2. The number of aliphatic carboxylic acids is 1. The minimum Gasteiger partial charge on any atom is -0.494 e. The molecule has 0 spiro atoms. The number of terminal acetylenes is 1. The van der Waals surface area contributed by atoms with Crippen molar-refractivity contribution in [2.45, 2.75) is 12.5 Å². The van der Waals surface area contributed by atoms with Gasteiger partial charge in [0.25, 0.3) is 11.5 Å². The molecule has 0 aliphatic carbocycles. The number of H-pyrrole nitrogens is 1. The number of carbonyl (C=O) groups excluding carboxylic acids is 1. The van der Waals surface area contributed by atoms with Crippen molar-refractivity contribution in [2.75, 3.05) is 0 Å². The highest BCUT2D eigenvalue weighted by atomic mass is 16.4. The summed E-state index contributed by atoms with van der Waals surface area (Å²) in [5, 5.41) is 20.0. The molecule has 1 heterocycles. The number of hydrogen-bond acceptors (Lipinski definition) is 4. The van der Waals surface area contributed by atoms with E-state index in [-0.39, 0.29) is 12.0 Å². The zero-order chi connectivity index (χ0) is 13.7. The molecular weight excluding hydrogens is 240 g/mol. The van der Waals surface area contributed by atoms with E-state index in [9.17, 15) is 14.4 Å². The summed E-state index contributed by atoms with van der Waals surface area (Å²) in [5.74, 6) is -0.462. The smallest absolute Gasteiger partial charge is 0.327 e.